The lowest BCUT2D eigenvalue weighted by atomic mass is 10.2. The van der Waals surface area contributed by atoms with Gasteiger partial charge < -0.3 is 30.1 Å². The Labute approximate surface area is 211 Å². The highest BCUT2D eigenvalue weighted by Crippen LogP contribution is 2.29. The Balaban J connectivity index is 1.49. The number of anilines is 2. The zero-order valence-corrected chi connectivity index (χ0v) is 20.9. The summed E-state index contributed by atoms with van der Waals surface area (Å²) in [6.45, 7) is 5.93. The van der Waals surface area contributed by atoms with Gasteiger partial charge in [0.2, 0.25) is 0 Å². The van der Waals surface area contributed by atoms with E-state index in [1.54, 1.807) is 13.3 Å². The van der Waals surface area contributed by atoms with Gasteiger partial charge in [-0.3, -0.25) is 9.69 Å². The number of rotatable bonds is 10. The van der Waals surface area contributed by atoms with Crippen molar-refractivity contribution in [2.24, 2.45) is 0 Å². The predicted molar refractivity (Wildman–Crippen MR) is 137 cm³/mol. The molecule has 1 aromatic heterocycles. The third kappa shape index (κ3) is 6.55. The third-order valence-corrected chi connectivity index (χ3v) is 6.82. The molecule has 1 unspecified atom stereocenters. The van der Waals surface area contributed by atoms with E-state index in [1.807, 2.05) is 24.3 Å². The molecule has 3 N–H and O–H groups in total. The van der Waals surface area contributed by atoms with Gasteiger partial charge in [-0.2, -0.15) is 0 Å². The highest BCUT2D eigenvalue weighted by Gasteiger charge is 2.25. The molecule has 0 saturated carbocycles. The number of carbonyl (C=O) groups excluding carboxylic acids is 1. The molecule has 1 atom stereocenters. The van der Waals surface area contributed by atoms with E-state index in [4.69, 9.17) is 21.1 Å². The Bertz CT molecular complexity index is 1000. The second-order valence-corrected chi connectivity index (χ2v) is 9.20. The van der Waals surface area contributed by atoms with Gasteiger partial charge in [-0.25, -0.2) is 4.98 Å². The maximum atomic E-state index is 13.1. The molecule has 2 saturated heterocycles. The Hall–Kier alpha value is -2.59. The molecule has 2 aromatic rings. The number of aliphatic hydroxyl groups is 1. The topological polar surface area (TPSA) is 99.2 Å². The fraction of sp³-hybridized carbons (Fsp3) is 0.520. The first-order valence-corrected chi connectivity index (χ1v) is 12.5. The van der Waals surface area contributed by atoms with Gasteiger partial charge in [0.05, 0.1) is 55.6 Å². The lowest BCUT2D eigenvalue weighted by Crippen LogP contribution is -2.41. The second-order valence-electron chi connectivity index (χ2n) is 8.79. The van der Waals surface area contributed by atoms with E-state index in [1.165, 1.54) is 0 Å². The highest BCUT2D eigenvalue weighted by molar-refractivity contribution is 6.32. The summed E-state index contributed by atoms with van der Waals surface area (Å²) in [4.78, 5) is 22.0. The number of methoxy groups -OCH3 is 1. The average Bonchev–Trinajstić information content (AvgIpc) is 3.37. The first kappa shape index (κ1) is 25.5. The minimum atomic E-state index is -0.222. The largest absolute Gasteiger partial charge is 0.495 e. The number of nitrogens with zero attached hydrogens (tertiary/aromatic N) is 3. The molecule has 1 aromatic carbocycles. The van der Waals surface area contributed by atoms with Crippen LogP contribution in [0.3, 0.4) is 0 Å². The van der Waals surface area contributed by atoms with E-state index in [0.29, 0.717) is 35.2 Å². The van der Waals surface area contributed by atoms with E-state index < -0.39 is 0 Å². The summed E-state index contributed by atoms with van der Waals surface area (Å²) >= 11 is 6.29. The van der Waals surface area contributed by atoms with Crippen molar-refractivity contribution in [3.8, 4) is 5.75 Å². The number of nitrogens with one attached hydrogen (secondary N) is 2. The first-order chi connectivity index (χ1) is 17.1. The summed E-state index contributed by atoms with van der Waals surface area (Å²) in [5, 5.41) is 16.7. The molecule has 0 bridgehead atoms. The molecular formula is C25H34ClN5O4. The molecule has 3 heterocycles. The van der Waals surface area contributed by atoms with Crippen LogP contribution in [0.1, 0.15) is 28.9 Å². The van der Waals surface area contributed by atoms with Crippen LogP contribution in [-0.2, 0) is 11.3 Å². The van der Waals surface area contributed by atoms with E-state index in [-0.39, 0.29) is 18.6 Å². The smallest absolute Gasteiger partial charge is 0.272 e. The van der Waals surface area contributed by atoms with Gasteiger partial charge in [-0.05, 0) is 36.6 Å². The number of hydrogen-bond acceptors (Lipinski definition) is 8. The summed E-state index contributed by atoms with van der Waals surface area (Å²) in [5.41, 5.74) is 2.83. The predicted octanol–water partition coefficient (Wildman–Crippen LogP) is 2.38. The highest BCUT2D eigenvalue weighted by atomic mass is 35.5. The van der Waals surface area contributed by atoms with Gasteiger partial charge in [0.25, 0.3) is 5.91 Å². The first-order valence-electron chi connectivity index (χ1n) is 12.1. The quantitative estimate of drug-likeness (QED) is 0.454. The normalized spacial score (nSPS) is 18.5. The molecule has 0 spiro atoms. The monoisotopic (exact) mass is 503 g/mol. The number of amides is 1. The van der Waals surface area contributed by atoms with Crippen molar-refractivity contribution in [1.82, 2.24) is 15.2 Å². The number of ether oxygens (including phenoxy) is 2. The number of hydrogen-bond donors (Lipinski definition) is 3. The fourth-order valence-corrected chi connectivity index (χ4v) is 4.83. The van der Waals surface area contributed by atoms with Crippen LogP contribution in [0.5, 0.6) is 5.75 Å². The standard InChI is InChI=1S/C25H34ClN5O4/c1-34-23-5-4-18(13-21(23)26)15-28-22-14-20(31-7-2-3-19(31)17-32)16-29-24(22)25(33)27-6-8-30-9-11-35-12-10-30/h4-5,13-14,16,19,28,32H,2-3,6-12,15,17H2,1H3,(H,27,33). The lowest BCUT2D eigenvalue weighted by molar-refractivity contribution is 0.0383. The molecule has 0 aliphatic carbocycles. The number of morpholine rings is 1. The molecule has 2 fully saturated rings. The summed E-state index contributed by atoms with van der Waals surface area (Å²) in [7, 11) is 1.58. The van der Waals surface area contributed by atoms with E-state index in [0.717, 1.165) is 63.5 Å². The molecule has 0 radical (unpaired) electrons. The molecule has 35 heavy (non-hydrogen) atoms. The Morgan fingerprint density at radius 3 is 2.86 bits per heavy atom. The fourth-order valence-electron chi connectivity index (χ4n) is 4.55. The second kappa shape index (κ2) is 12.4. The molecule has 2 aliphatic heterocycles. The van der Waals surface area contributed by atoms with Gasteiger partial charge in [0.1, 0.15) is 5.75 Å². The van der Waals surface area contributed by atoms with Crippen LogP contribution in [-0.4, -0.2) is 86.6 Å². The zero-order valence-electron chi connectivity index (χ0n) is 20.1. The molecule has 9 nitrogen and oxygen atoms in total. The number of carbonyl (C=O) groups is 1. The number of pyridine rings is 1. The van der Waals surface area contributed by atoms with Crippen molar-refractivity contribution < 1.29 is 19.4 Å². The van der Waals surface area contributed by atoms with Crippen molar-refractivity contribution >= 4 is 28.9 Å². The number of aromatic nitrogens is 1. The average molecular weight is 504 g/mol. The number of halogens is 1. The van der Waals surface area contributed by atoms with Crippen LogP contribution in [0.15, 0.2) is 30.5 Å². The van der Waals surface area contributed by atoms with Crippen molar-refractivity contribution in [2.75, 3.05) is 69.9 Å². The SMILES string of the molecule is COc1ccc(CNc2cc(N3CCCC3CO)cnc2C(=O)NCCN2CCOCC2)cc1Cl. The maximum Gasteiger partial charge on any atom is 0.272 e. The summed E-state index contributed by atoms with van der Waals surface area (Å²) in [6.07, 6.45) is 3.68. The van der Waals surface area contributed by atoms with Crippen LogP contribution in [0, 0.1) is 0 Å². The third-order valence-electron chi connectivity index (χ3n) is 6.52. The van der Waals surface area contributed by atoms with Gasteiger partial charge in [0.15, 0.2) is 5.69 Å². The number of aliphatic hydroxyl groups excluding tert-OH is 1. The van der Waals surface area contributed by atoms with Crippen molar-refractivity contribution in [2.45, 2.75) is 25.4 Å². The molecule has 2 aliphatic rings. The van der Waals surface area contributed by atoms with Crippen LogP contribution in [0.2, 0.25) is 5.02 Å². The van der Waals surface area contributed by atoms with Crippen molar-refractivity contribution in [3.63, 3.8) is 0 Å². The summed E-state index contributed by atoms with van der Waals surface area (Å²) in [6, 6.07) is 7.61. The van der Waals surface area contributed by atoms with Crippen LogP contribution < -0.4 is 20.3 Å². The Kier molecular flexibility index (Phi) is 9.03. The van der Waals surface area contributed by atoms with Crippen molar-refractivity contribution in [1.29, 1.82) is 0 Å². The minimum Gasteiger partial charge on any atom is -0.495 e. The molecule has 1 amide bonds. The van der Waals surface area contributed by atoms with Gasteiger partial charge in [0, 0.05) is 39.3 Å². The Morgan fingerprint density at radius 2 is 2.11 bits per heavy atom. The maximum absolute atomic E-state index is 13.1. The van der Waals surface area contributed by atoms with Crippen LogP contribution in [0.25, 0.3) is 0 Å². The van der Waals surface area contributed by atoms with Crippen LogP contribution in [0.4, 0.5) is 11.4 Å². The van der Waals surface area contributed by atoms with E-state index in [2.05, 4.69) is 25.4 Å². The molecule has 4 rings (SSSR count). The van der Waals surface area contributed by atoms with Crippen LogP contribution >= 0.6 is 11.6 Å². The molecule has 10 heteroatoms. The van der Waals surface area contributed by atoms with Gasteiger partial charge >= 0.3 is 0 Å². The minimum absolute atomic E-state index is 0.0678. The molecular weight excluding hydrogens is 470 g/mol. The zero-order chi connectivity index (χ0) is 24.6. The van der Waals surface area contributed by atoms with E-state index in [9.17, 15) is 9.90 Å². The van der Waals surface area contributed by atoms with Crippen molar-refractivity contribution in [3.05, 3.63) is 46.7 Å². The number of benzene rings is 1. The lowest BCUT2D eigenvalue weighted by Gasteiger charge is -2.27. The van der Waals surface area contributed by atoms with Gasteiger partial charge in [-0.1, -0.05) is 17.7 Å². The summed E-state index contributed by atoms with van der Waals surface area (Å²) < 4.78 is 10.6. The summed E-state index contributed by atoms with van der Waals surface area (Å²) in [5.74, 6) is 0.392. The van der Waals surface area contributed by atoms with E-state index >= 15 is 0 Å². The van der Waals surface area contributed by atoms with Gasteiger partial charge in [-0.15, -0.1) is 0 Å². The molecule has 190 valence electrons. The Morgan fingerprint density at radius 1 is 1.29 bits per heavy atom.